The van der Waals surface area contributed by atoms with E-state index in [2.05, 4.69) is 50.3 Å². The molecule has 0 aliphatic rings. The summed E-state index contributed by atoms with van der Waals surface area (Å²) in [4.78, 5) is 14.1. The van der Waals surface area contributed by atoms with Gasteiger partial charge in [-0.15, -0.1) is 0 Å². The number of rotatable bonds is 10. The van der Waals surface area contributed by atoms with Crippen LogP contribution in [0.3, 0.4) is 0 Å². The van der Waals surface area contributed by atoms with Crippen molar-refractivity contribution in [1.29, 1.82) is 0 Å². The molecule has 0 heterocycles. The number of hydrogen-bond acceptors (Lipinski definition) is 4. The Bertz CT molecular complexity index is 327. The number of nitrogens with zero attached hydrogens (tertiary/aromatic N) is 1. The molecule has 0 spiro atoms. The van der Waals surface area contributed by atoms with Crippen LogP contribution in [-0.2, 0) is 4.74 Å². The Balaban J connectivity index is 4.06. The van der Waals surface area contributed by atoms with E-state index in [4.69, 9.17) is 4.74 Å². The van der Waals surface area contributed by atoms with Gasteiger partial charge in [-0.05, 0) is 59.5 Å². The third kappa shape index (κ3) is 11.4. The number of hydrogen-bond donors (Lipinski definition) is 2. The number of alkyl carbamates (subject to hydrolysis) is 1. The number of likely N-dealkylation sites (N-methyl/N-ethyl adjacent to an activating group) is 1. The summed E-state index contributed by atoms with van der Waals surface area (Å²) in [5.41, 5.74) is -0.448. The van der Waals surface area contributed by atoms with Crippen LogP contribution in [0.4, 0.5) is 4.79 Å². The van der Waals surface area contributed by atoms with Crippen molar-refractivity contribution >= 4 is 6.09 Å². The van der Waals surface area contributed by atoms with Crippen LogP contribution in [0.15, 0.2) is 0 Å². The van der Waals surface area contributed by atoms with E-state index in [1.54, 1.807) is 0 Å². The van der Waals surface area contributed by atoms with E-state index in [9.17, 15) is 4.79 Å². The highest BCUT2D eigenvalue weighted by molar-refractivity contribution is 5.67. The van der Waals surface area contributed by atoms with Crippen molar-refractivity contribution in [3.05, 3.63) is 0 Å². The number of amides is 1. The maximum atomic E-state index is 11.8. The van der Waals surface area contributed by atoms with Crippen molar-refractivity contribution in [3.63, 3.8) is 0 Å². The first-order chi connectivity index (χ1) is 10.6. The highest BCUT2D eigenvalue weighted by atomic mass is 16.6. The van der Waals surface area contributed by atoms with Crippen LogP contribution in [-0.4, -0.2) is 55.9 Å². The third-order valence-electron chi connectivity index (χ3n) is 4.24. The van der Waals surface area contributed by atoms with Gasteiger partial charge in [-0.25, -0.2) is 4.79 Å². The summed E-state index contributed by atoms with van der Waals surface area (Å²) in [6.45, 7) is 18.0. The average Bonchev–Trinajstić information content (AvgIpc) is 2.42. The molecule has 0 aliphatic carbocycles. The molecule has 0 rings (SSSR count). The molecule has 0 aromatic heterocycles. The van der Waals surface area contributed by atoms with Gasteiger partial charge in [0, 0.05) is 25.7 Å². The first-order valence-electron chi connectivity index (χ1n) is 8.94. The lowest BCUT2D eigenvalue weighted by molar-refractivity contribution is 0.0515. The van der Waals surface area contributed by atoms with E-state index in [0.717, 1.165) is 19.6 Å². The third-order valence-corrected chi connectivity index (χ3v) is 4.24. The van der Waals surface area contributed by atoms with Crippen LogP contribution in [0, 0.1) is 11.8 Å². The first-order valence-corrected chi connectivity index (χ1v) is 8.94. The lowest BCUT2D eigenvalue weighted by Gasteiger charge is -2.26. The van der Waals surface area contributed by atoms with Crippen molar-refractivity contribution in [2.45, 2.75) is 66.5 Å². The summed E-state index contributed by atoms with van der Waals surface area (Å²) in [7, 11) is 2.17. The van der Waals surface area contributed by atoms with Crippen molar-refractivity contribution in [2.24, 2.45) is 11.8 Å². The highest BCUT2D eigenvalue weighted by Gasteiger charge is 2.19. The molecule has 0 aromatic rings. The number of nitrogens with one attached hydrogen (secondary N) is 2. The van der Waals surface area contributed by atoms with Crippen molar-refractivity contribution in [1.82, 2.24) is 15.5 Å². The number of carbonyl (C=O) groups excluding carboxylic acids is 1. The molecular formula is C18H39N3O2. The summed E-state index contributed by atoms with van der Waals surface area (Å²) in [6, 6.07) is 0.617. The van der Waals surface area contributed by atoms with E-state index in [1.165, 1.54) is 6.42 Å². The van der Waals surface area contributed by atoms with Gasteiger partial charge in [0.2, 0.25) is 0 Å². The summed E-state index contributed by atoms with van der Waals surface area (Å²) in [5, 5.41) is 6.40. The van der Waals surface area contributed by atoms with E-state index < -0.39 is 5.60 Å². The molecule has 0 bridgehead atoms. The quantitative estimate of drug-likeness (QED) is 0.605. The molecule has 0 saturated heterocycles. The maximum absolute atomic E-state index is 11.8. The smallest absolute Gasteiger partial charge is 0.407 e. The monoisotopic (exact) mass is 329 g/mol. The van der Waals surface area contributed by atoms with Crippen LogP contribution in [0.2, 0.25) is 0 Å². The molecule has 2 N–H and O–H groups in total. The van der Waals surface area contributed by atoms with E-state index in [0.29, 0.717) is 24.4 Å². The van der Waals surface area contributed by atoms with Crippen LogP contribution in [0.5, 0.6) is 0 Å². The minimum absolute atomic E-state index is 0.334. The topological polar surface area (TPSA) is 53.6 Å². The predicted molar refractivity (Wildman–Crippen MR) is 97.8 cm³/mol. The average molecular weight is 330 g/mol. The molecule has 0 saturated carbocycles. The molecule has 5 heteroatoms. The van der Waals surface area contributed by atoms with E-state index in [-0.39, 0.29) is 6.09 Å². The molecule has 0 fully saturated rings. The van der Waals surface area contributed by atoms with Gasteiger partial charge in [0.05, 0.1) is 0 Å². The van der Waals surface area contributed by atoms with Gasteiger partial charge < -0.3 is 20.3 Å². The lowest BCUT2D eigenvalue weighted by atomic mass is 9.96. The Hall–Kier alpha value is -0.810. The summed E-state index contributed by atoms with van der Waals surface area (Å²) >= 11 is 0. The van der Waals surface area contributed by atoms with Crippen LogP contribution in [0.25, 0.3) is 0 Å². The summed E-state index contributed by atoms with van der Waals surface area (Å²) in [5.74, 6) is 0.904. The van der Waals surface area contributed by atoms with Crippen molar-refractivity contribution < 1.29 is 9.53 Å². The van der Waals surface area contributed by atoms with Crippen LogP contribution in [0.1, 0.15) is 54.9 Å². The second-order valence-corrected chi connectivity index (χ2v) is 7.83. The zero-order valence-electron chi connectivity index (χ0n) is 16.5. The second kappa shape index (κ2) is 10.9. The minimum atomic E-state index is -0.448. The zero-order valence-corrected chi connectivity index (χ0v) is 16.5. The van der Waals surface area contributed by atoms with Crippen LogP contribution >= 0.6 is 0 Å². The summed E-state index contributed by atoms with van der Waals surface area (Å²) < 4.78 is 5.29. The molecule has 1 amide bonds. The van der Waals surface area contributed by atoms with Gasteiger partial charge in [0.15, 0.2) is 0 Å². The molecule has 0 radical (unpaired) electrons. The fraction of sp³-hybridized carbons (Fsp3) is 0.944. The van der Waals surface area contributed by atoms with Gasteiger partial charge in [-0.3, -0.25) is 0 Å². The Labute approximate surface area is 143 Å². The molecule has 0 aliphatic heterocycles. The second-order valence-electron chi connectivity index (χ2n) is 7.83. The Kier molecular flexibility index (Phi) is 10.5. The Morgan fingerprint density at radius 3 is 2.26 bits per heavy atom. The number of carbonyl (C=O) groups is 1. The molecule has 23 heavy (non-hydrogen) atoms. The molecule has 2 atom stereocenters. The Morgan fingerprint density at radius 2 is 1.78 bits per heavy atom. The summed E-state index contributed by atoms with van der Waals surface area (Å²) in [6.07, 6.45) is 0.838. The lowest BCUT2D eigenvalue weighted by Crippen LogP contribution is -2.41. The molecule has 0 aromatic carbocycles. The van der Waals surface area contributed by atoms with Gasteiger partial charge in [0.25, 0.3) is 0 Å². The fourth-order valence-electron chi connectivity index (χ4n) is 2.15. The van der Waals surface area contributed by atoms with Crippen LogP contribution < -0.4 is 10.6 Å². The minimum Gasteiger partial charge on any atom is -0.444 e. The van der Waals surface area contributed by atoms with Gasteiger partial charge in [0.1, 0.15) is 5.60 Å². The fourth-order valence-corrected chi connectivity index (χ4v) is 2.15. The number of ether oxygens (including phenoxy) is 1. The molecule has 2 unspecified atom stereocenters. The van der Waals surface area contributed by atoms with Gasteiger partial charge in [-0.2, -0.15) is 0 Å². The molecular weight excluding hydrogens is 290 g/mol. The van der Waals surface area contributed by atoms with Gasteiger partial charge in [-0.1, -0.05) is 20.8 Å². The standard InChI is InChI=1S/C18H39N3O2/c1-9-15(4)21(8)11-10-19-12-16(14(2)3)13-20-17(22)23-18(5,6)7/h14-16,19H,9-13H2,1-8H3,(H,20,22). The highest BCUT2D eigenvalue weighted by Crippen LogP contribution is 2.10. The van der Waals surface area contributed by atoms with Crippen molar-refractivity contribution in [2.75, 3.05) is 33.2 Å². The normalized spacial score (nSPS) is 14.9. The Morgan fingerprint density at radius 1 is 1.17 bits per heavy atom. The van der Waals surface area contributed by atoms with Crippen molar-refractivity contribution in [3.8, 4) is 0 Å². The predicted octanol–water partition coefficient (Wildman–Crippen LogP) is 3.10. The molecule has 138 valence electrons. The van der Waals surface area contributed by atoms with Gasteiger partial charge >= 0.3 is 6.09 Å². The van der Waals surface area contributed by atoms with E-state index in [1.807, 2.05) is 20.8 Å². The largest absolute Gasteiger partial charge is 0.444 e. The first kappa shape index (κ1) is 22.2. The SMILES string of the molecule is CCC(C)N(C)CCNCC(CNC(=O)OC(C)(C)C)C(C)C. The zero-order chi connectivity index (χ0) is 18.0. The molecule has 5 nitrogen and oxygen atoms in total. The van der Waals surface area contributed by atoms with E-state index >= 15 is 0 Å². The maximum Gasteiger partial charge on any atom is 0.407 e.